The van der Waals surface area contributed by atoms with Crippen molar-refractivity contribution in [1.82, 2.24) is 14.4 Å². The third-order valence-corrected chi connectivity index (χ3v) is 6.58. The van der Waals surface area contributed by atoms with Crippen LogP contribution in [-0.2, 0) is 4.79 Å². The maximum atomic E-state index is 13.1. The van der Waals surface area contributed by atoms with Gasteiger partial charge in [0, 0.05) is 61.0 Å². The van der Waals surface area contributed by atoms with Gasteiger partial charge in [0.25, 0.3) is 11.8 Å². The lowest BCUT2D eigenvalue weighted by atomic mass is 9.95. The molecule has 0 saturated carbocycles. The number of carbonyl (C=O) groups is 2. The number of hydrogen-bond acceptors (Lipinski definition) is 3. The fourth-order valence-electron chi connectivity index (χ4n) is 4.45. The molecule has 2 aromatic carbocycles. The maximum Gasteiger partial charge on any atom is 0.257 e. The van der Waals surface area contributed by atoms with Gasteiger partial charge in [-0.05, 0) is 48.9 Å². The lowest BCUT2D eigenvalue weighted by molar-refractivity contribution is -0.110. The van der Waals surface area contributed by atoms with Gasteiger partial charge in [0.1, 0.15) is 0 Å². The Balaban J connectivity index is 1.51. The number of aryl methyl sites for hydroxylation is 1. The molecule has 1 N–H and O–H groups in total. The van der Waals surface area contributed by atoms with E-state index in [-0.39, 0.29) is 11.8 Å². The number of anilines is 1. The second-order valence-electron chi connectivity index (χ2n) is 8.63. The Hall–Kier alpha value is -3.35. The molecule has 2 amide bonds. The lowest BCUT2D eigenvalue weighted by Gasteiger charge is -2.32. The predicted molar refractivity (Wildman–Crippen MR) is 132 cm³/mol. The molecule has 0 radical (unpaired) electrons. The van der Waals surface area contributed by atoms with Gasteiger partial charge in [-0.3, -0.25) is 9.59 Å². The molecule has 2 aliphatic rings. The molecule has 1 aromatic heterocycles. The summed E-state index contributed by atoms with van der Waals surface area (Å²) in [7, 11) is 2.07. The average molecular weight is 461 g/mol. The van der Waals surface area contributed by atoms with Crippen LogP contribution in [0.15, 0.2) is 54.9 Å². The number of piperazine rings is 1. The summed E-state index contributed by atoms with van der Waals surface area (Å²) in [6, 6.07) is 13.4. The second kappa shape index (κ2) is 8.54. The summed E-state index contributed by atoms with van der Waals surface area (Å²) in [6.07, 6.45) is 5.51. The summed E-state index contributed by atoms with van der Waals surface area (Å²) in [5.41, 5.74) is 5.67. The van der Waals surface area contributed by atoms with Crippen LogP contribution in [0.5, 0.6) is 0 Å². The number of nitrogens with zero attached hydrogens (tertiary/aromatic N) is 3. The molecule has 0 atom stereocenters. The van der Waals surface area contributed by atoms with Gasteiger partial charge in [-0.1, -0.05) is 35.9 Å². The number of halogens is 1. The zero-order valence-corrected chi connectivity index (χ0v) is 19.4. The molecule has 5 rings (SSSR count). The van der Waals surface area contributed by atoms with Crippen molar-refractivity contribution in [2.75, 3.05) is 38.5 Å². The second-order valence-corrected chi connectivity index (χ2v) is 9.07. The van der Waals surface area contributed by atoms with E-state index < -0.39 is 0 Å². The SMILES string of the molecule is Cc1cn(C=C2C(=O)Nc3cccc(-c4ccc(Cl)cc4)c32)cc1C(=O)N1CCN(C)CC1. The molecule has 6 nitrogen and oxygen atoms in total. The maximum absolute atomic E-state index is 13.1. The van der Waals surface area contributed by atoms with Crippen LogP contribution in [0.3, 0.4) is 0 Å². The molecule has 0 aliphatic carbocycles. The van der Waals surface area contributed by atoms with Gasteiger partial charge in [-0.2, -0.15) is 0 Å². The highest BCUT2D eigenvalue weighted by molar-refractivity contribution is 6.35. The third kappa shape index (κ3) is 4.08. The number of benzene rings is 2. The van der Waals surface area contributed by atoms with E-state index in [2.05, 4.69) is 17.3 Å². The Labute approximate surface area is 198 Å². The molecule has 3 heterocycles. The van der Waals surface area contributed by atoms with Crippen LogP contribution in [-0.4, -0.2) is 59.4 Å². The molecular formula is C26H25ClN4O2. The molecule has 2 aliphatic heterocycles. The molecule has 0 spiro atoms. The smallest absolute Gasteiger partial charge is 0.257 e. The Morgan fingerprint density at radius 3 is 2.48 bits per heavy atom. The van der Waals surface area contributed by atoms with Crippen LogP contribution >= 0.6 is 11.6 Å². The van der Waals surface area contributed by atoms with Crippen molar-refractivity contribution in [1.29, 1.82) is 0 Å². The Morgan fingerprint density at radius 1 is 1.03 bits per heavy atom. The van der Waals surface area contributed by atoms with Gasteiger partial charge in [0.05, 0.1) is 11.1 Å². The molecule has 1 fully saturated rings. The molecule has 33 heavy (non-hydrogen) atoms. The van der Waals surface area contributed by atoms with E-state index in [1.54, 1.807) is 6.20 Å². The number of rotatable bonds is 3. The zero-order valence-electron chi connectivity index (χ0n) is 18.6. The van der Waals surface area contributed by atoms with Crippen molar-refractivity contribution >= 4 is 40.9 Å². The molecule has 7 heteroatoms. The quantitative estimate of drug-likeness (QED) is 0.587. The topological polar surface area (TPSA) is 57.6 Å². The van der Waals surface area contributed by atoms with Gasteiger partial charge in [-0.25, -0.2) is 0 Å². The van der Waals surface area contributed by atoms with E-state index in [0.29, 0.717) is 16.2 Å². The van der Waals surface area contributed by atoms with E-state index in [4.69, 9.17) is 11.6 Å². The minimum absolute atomic E-state index is 0.0378. The summed E-state index contributed by atoms with van der Waals surface area (Å²) in [5.74, 6) is -0.124. The summed E-state index contributed by atoms with van der Waals surface area (Å²) in [5, 5.41) is 3.63. The molecule has 3 aromatic rings. The lowest BCUT2D eigenvalue weighted by Crippen LogP contribution is -2.47. The zero-order chi connectivity index (χ0) is 23.1. The first-order valence-corrected chi connectivity index (χ1v) is 11.4. The number of nitrogens with one attached hydrogen (secondary N) is 1. The number of likely N-dealkylation sites (N-methyl/N-ethyl adjacent to an activating group) is 1. The largest absolute Gasteiger partial charge is 0.336 e. The van der Waals surface area contributed by atoms with Crippen LogP contribution < -0.4 is 5.32 Å². The fraction of sp³-hybridized carbons (Fsp3) is 0.231. The fourth-order valence-corrected chi connectivity index (χ4v) is 4.58. The van der Waals surface area contributed by atoms with Crippen LogP contribution in [0.25, 0.3) is 22.9 Å². The summed E-state index contributed by atoms with van der Waals surface area (Å²) in [6.45, 7) is 5.13. The minimum atomic E-state index is -0.162. The van der Waals surface area contributed by atoms with E-state index in [9.17, 15) is 9.59 Å². The van der Waals surface area contributed by atoms with Crippen molar-refractivity contribution in [3.63, 3.8) is 0 Å². The first-order valence-electron chi connectivity index (χ1n) is 11.0. The summed E-state index contributed by atoms with van der Waals surface area (Å²) < 4.78 is 1.82. The van der Waals surface area contributed by atoms with Crippen LogP contribution in [0.2, 0.25) is 5.02 Å². The number of carbonyl (C=O) groups excluding carboxylic acids is 2. The van der Waals surface area contributed by atoms with Crippen molar-refractivity contribution < 1.29 is 9.59 Å². The highest BCUT2D eigenvalue weighted by Gasteiger charge is 2.28. The first kappa shape index (κ1) is 21.5. The normalized spacial score (nSPS) is 17.4. The molecule has 0 bridgehead atoms. The van der Waals surface area contributed by atoms with E-state index in [1.807, 2.05) is 71.2 Å². The highest BCUT2D eigenvalue weighted by Crippen LogP contribution is 2.40. The van der Waals surface area contributed by atoms with Crippen molar-refractivity contribution in [2.24, 2.45) is 0 Å². The van der Waals surface area contributed by atoms with E-state index in [1.165, 1.54) is 0 Å². The third-order valence-electron chi connectivity index (χ3n) is 6.33. The molecule has 168 valence electrons. The van der Waals surface area contributed by atoms with Crippen molar-refractivity contribution in [3.05, 3.63) is 76.6 Å². The van der Waals surface area contributed by atoms with Gasteiger partial charge in [0.15, 0.2) is 0 Å². The van der Waals surface area contributed by atoms with Gasteiger partial charge in [0.2, 0.25) is 0 Å². The number of hydrogen-bond donors (Lipinski definition) is 1. The molecule has 0 unspecified atom stereocenters. The van der Waals surface area contributed by atoms with Crippen LogP contribution in [0.4, 0.5) is 5.69 Å². The van der Waals surface area contributed by atoms with Crippen LogP contribution in [0, 0.1) is 6.92 Å². The monoisotopic (exact) mass is 460 g/mol. The Morgan fingerprint density at radius 2 is 1.76 bits per heavy atom. The summed E-state index contributed by atoms with van der Waals surface area (Å²) in [4.78, 5) is 30.1. The highest BCUT2D eigenvalue weighted by atomic mass is 35.5. The minimum Gasteiger partial charge on any atom is -0.336 e. The van der Waals surface area contributed by atoms with E-state index in [0.717, 1.165) is 54.1 Å². The van der Waals surface area contributed by atoms with Gasteiger partial charge in [-0.15, -0.1) is 0 Å². The number of amides is 2. The number of fused-ring (bicyclic) bond motifs is 1. The standard InChI is InChI=1S/C26H25ClN4O2/c1-17-14-30(15-21(17)26(33)31-12-10-29(2)11-13-31)16-22-24-20(18-6-8-19(27)9-7-18)4-3-5-23(24)28-25(22)32/h3-9,14-16H,10-13H2,1-2H3,(H,28,32). The molecular weight excluding hydrogens is 436 g/mol. The molecule has 1 saturated heterocycles. The van der Waals surface area contributed by atoms with Crippen LogP contribution in [0.1, 0.15) is 21.5 Å². The average Bonchev–Trinajstić information content (AvgIpc) is 3.33. The Kier molecular flexibility index (Phi) is 5.56. The van der Waals surface area contributed by atoms with E-state index >= 15 is 0 Å². The van der Waals surface area contributed by atoms with Crippen molar-refractivity contribution in [3.8, 4) is 11.1 Å². The predicted octanol–water partition coefficient (Wildman–Crippen LogP) is 4.45. The first-order chi connectivity index (χ1) is 15.9. The summed E-state index contributed by atoms with van der Waals surface area (Å²) >= 11 is 6.07. The van der Waals surface area contributed by atoms with Crippen molar-refractivity contribution in [2.45, 2.75) is 6.92 Å². The Bertz CT molecular complexity index is 1270. The van der Waals surface area contributed by atoms with Gasteiger partial charge < -0.3 is 19.7 Å². The van der Waals surface area contributed by atoms with Gasteiger partial charge >= 0.3 is 0 Å². The number of aromatic nitrogens is 1.